The van der Waals surface area contributed by atoms with Crippen molar-refractivity contribution < 1.29 is 14.3 Å². The SMILES string of the molecule is C[C@H](NC(=O)COC(=O)c1cncn1-c1ccccc1)[C@@H]1C[C@H]2CC[C@H]1C2. The first kappa shape index (κ1) is 17.8. The lowest BCUT2D eigenvalue weighted by molar-refractivity contribution is -0.125. The van der Waals surface area contributed by atoms with Crippen LogP contribution in [-0.4, -0.2) is 34.1 Å². The maximum Gasteiger partial charge on any atom is 0.357 e. The zero-order valence-electron chi connectivity index (χ0n) is 15.5. The molecule has 27 heavy (non-hydrogen) atoms. The molecule has 1 heterocycles. The van der Waals surface area contributed by atoms with E-state index in [-0.39, 0.29) is 18.6 Å². The zero-order valence-corrected chi connectivity index (χ0v) is 15.5. The first-order valence-electron chi connectivity index (χ1n) is 9.66. The second kappa shape index (κ2) is 7.55. The molecule has 142 valence electrons. The van der Waals surface area contributed by atoms with Gasteiger partial charge in [-0.1, -0.05) is 24.6 Å². The first-order chi connectivity index (χ1) is 13.1. The van der Waals surface area contributed by atoms with Crippen LogP contribution >= 0.6 is 0 Å². The van der Waals surface area contributed by atoms with Crippen molar-refractivity contribution in [2.75, 3.05) is 6.61 Å². The molecule has 2 aliphatic rings. The first-order valence-corrected chi connectivity index (χ1v) is 9.66. The Bertz CT molecular complexity index is 817. The Morgan fingerprint density at radius 3 is 2.78 bits per heavy atom. The molecule has 0 spiro atoms. The van der Waals surface area contributed by atoms with Crippen LogP contribution in [0.1, 0.15) is 43.1 Å². The smallest absolute Gasteiger partial charge is 0.357 e. The number of imidazole rings is 1. The number of para-hydroxylation sites is 1. The Labute approximate surface area is 158 Å². The van der Waals surface area contributed by atoms with E-state index < -0.39 is 5.97 Å². The van der Waals surface area contributed by atoms with Gasteiger partial charge in [0.1, 0.15) is 0 Å². The van der Waals surface area contributed by atoms with Crippen molar-refractivity contribution in [3.8, 4) is 5.69 Å². The van der Waals surface area contributed by atoms with Crippen LogP contribution in [0.4, 0.5) is 0 Å². The number of nitrogens with zero attached hydrogens (tertiary/aromatic N) is 2. The number of ether oxygens (including phenoxy) is 1. The number of benzene rings is 1. The van der Waals surface area contributed by atoms with Gasteiger partial charge in [0.15, 0.2) is 12.3 Å². The Morgan fingerprint density at radius 1 is 1.26 bits per heavy atom. The number of aromatic nitrogens is 2. The summed E-state index contributed by atoms with van der Waals surface area (Å²) in [6.07, 6.45) is 8.16. The highest BCUT2D eigenvalue weighted by Crippen LogP contribution is 2.49. The Balaban J connectivity index is 1.31. The number of hydrogen-bond acceptors (Lipinski definition) is 4. The predicted octanol–water partition coefficient (Wildman–Crippen LogP) is 2.97. The van der Waals surface area contributed by atoms with Gasteiger partial charge >= 0.3 is 5.97 Å². The van der Waals surface area contributed by atoms with E-state index in [4.69, 9.17) is 4.74 Å². The van der Waals surface area contributed by atoms with Gasteiger partial charge in [-0.05, 0) is 56.1 Å². The largest absolute Gasteiger partial charge is 0.451 e. The van der Waals surface area contributed by atoms with Crippen molar-refractivity contribution in [2.45, 2.75) is 38.6 Å². The summed E-state index contributed by atoms with van der Waals surface area (Å²) < 4.78 is 6.87. The molecule has 4 rings (SSSR count). The van der Waals surface area contributed by atoms with Crippen LogP contribution in [0.25, 0.3) is 5.69 Å². The fourth-order valence-corrected chi connectivity index (χ4v) is 4.75. The second-order valence-corrected chi connectivity index (χ2v) is 7.76. The van der Waals surface area contributed by atoms with Gasteiger partial charge in [0.2, 0.25) is 0 Å². The van der Waals surface area contributed by atoms with E-state index in [0.29, 0.717) is 11.6 Å². The number of amides is 1. The van der Waals surface area contributed by atoms with E-state index in [9.17, 15) is 9.59 Å². The summed E-state index contributed by atoms with van der Waals surface area (Å²) in [5.74, 6) is 1.34. The average molecular weight is 367 g/mol. The summed E-state index contributed by atoms with van der Waals surface area (Å²) >= 11 is 0. The van der Waals surface area contributed by atoms with Gasteiger partial charge < -0.3 is 10.1 Å². The van der Waals surface area contributed by atoms with Crippen LogP contribution < -0.4 is 5.32 Å². The summed E-state index contributed by atoms with van der Waals surface area (Å²) in [4.78, 5) is 28.7. The molecule has 1 aromatic heterocycles. The number of fused-ring (bicyclic) bond motifs is 2. The van der Waals surface area contributed by atoms with E-state index in [0.717, 1.165) is 17.5 Å². The molecule has 2 bridgehead atoms. The van der Waals surface area contributed by atoms with Gasteiger partial charge in [0.25, 0.3) is 5.91 Å². The van der Waals surface area contributed by atoms with Crippen molar-refractivity contribution in [1.82, 2.24) is 14.9 Å². The molecule has 0 radical (unpaired) electrons. The maximum absolute atomic E-state index is 12.4. The molecule has 2 fully saturated rings. The van der Waals surface area contributed by atoms with Crippen LogP contribution in [0.3, 0.4) is 0 Å². The third-order valence-corrected chi connectivity index (χ3v) is 6.04. The highest BCUT2D eigenvalue weighted by Gasteiger charge is 2.42. The predicted molar refractivity (Wildman–Crippen MR) is 100 cm³/mol. The quantitative estimate of drug-likeness (QED) is 0.797. The van der Waals surface area contributed by atoms with Gasteiger partial charge in [0, 0.05) is 11.7 Å². The molecule has 4 atom stereocenters. The topological polar surface area (TPSA) is 73.2 Å². The second-order valence-electron chi connectivity index (χ2n) is 7.76. The Morgan fingerprint density at radius 2 is 2.07 bits per heavy atom. The fraction of sp³-hybridized carbons (Fsp3) is 0.476. The molecule has 6 nitrogen and oxygen atoms in total. The molecule has 1 aromatic carbocycles. The van der Waals surface area contributed by atoms with E-state index in [1.165, 1.54) is 31.9 Å². The molecule has 1 N–H and O–H groups in total. The summed E-state index contributed by atoms with van der Waals surface area (Å²) in [5.41, 5.74) is 1.12. The van der Waals surface area contributed by atoms with Crippen LogP contribution in [-0.2, 0) is 9.53 Å². The minimum atomic E-state index is -0.556. The molecule has 0 saturated heterocycles. The highest BCUT2D eigenvalue weighted by molar-refractivity contribution is 5.90. The van der Waals surface area contributed by atoms with Gasteiger partial charge in [-0.25, -0.2) is 9.78 Å². The average Bonchev–Trinajstić information content (AvgIpc) is 3.43. The minimum Gasteiger partial charge on any atom is -0.451 e. The number of carbonyl (C=O) groups is 2. The van der Waals surface area contributed by atoms with E-state index in [1.807, 2.05) is 30.3 Å². The van der Waals surface area contributed by atoms with Crippen LogP contribution in [0.15, 0.2) is 42.9 Å². The standard InChI is InChI=1S/C21H25N3O3/c1-14(18-10-15-7-8-16(18)9-15)23-20(25)12-27-21(26)19-11-22-13-24(19)17-5-3-2-4-6-17/h2-6,11,13-16,18H,7-10,12H2,1H3,(H,23,25)/t14-,15-,16-,18-/m0/s1. The molecule has 2 aromatic rings. The molecule has 0 aliphatic heterocycles. The lowest BCUT2D eigenvalue weighted by Gasteiger charge is -2.28. The summed E-state index contributed by atoms with van der Waals surface area (Å²) in [7, 11) is 0. The van der Waals surface area contributed by atoms with Crippen molar-refractivity contribution in [3.05, 3.63) is 48.5 Å². The van der Waals surface area contributed by atoms with Crippen molar-refractivity contribution in [3.63, 3.8) is 0 Å². The fourth-order valence-electron chi connectivity index (χ4n) is 4.75. The lowest BCUT2D eigenvalue weighted by atomic mass is 9.84. The van der Waals surface area contributed by atoms with E-state index in [1.54, 1.807) is 10.9 Å². The molecule has 6 heteroatoms. The molecule has 2 saturated carbocycles. The number of esters is 1. The van der Waals surface area contributed by atoms with Crippen molar-refractivity contribution in [2.24, 2.45) is 17.8 Å². The highest BCUT2D eigenvalue weighted by atomic mass is 16.5. The number of rotatable bonds is 6. The molecule has 2 aliphatic carbocycles. The van der Waals surface area contributed by atoms with Gasteiger partial charge in [0.05, 0.1) is 12.5 Å². The number of hydrogen-bond donors (Lipinski definition) is 1. The Kier molecular flexibility index (Phi) is 4.97. The van der Waals surface area contributed by atoms with Crippen molar-refractivity contribution >= 4 is 11.9 Å². The number of carbonyl (C=O) groups excluding carboxylic acids is 2. The van der Waals surface area contributed by atoms with Gasteiger partial charge in [-0.3, -0.25) is 9.36 Å². The zero-order chi connectivity index (χ0) is 18.8. The van der Waals surface area contributed by atoms with Crippen LogP contribution in [0.2, 0.25) is 0 Å². The molecule has 1 amide bonds. The maximum atomic E-state index is 12.4. The Hall–Kier alpha value is -2.63. The normalized spacial score (nSPS) is 24.6. The van der Waals surface area contributed by atoms with Gasteiger partial charge in [-0.15, -0.1) is 0 Å². The van der Waals surface area contributed by atoms with Crippen LogP contribution in [0.5, 0.6) is 0 Å². The minimum absolute atomic E-state index is 0.126. The molecular weight excluding hydrogens is 342 g/mol. The van der Waals surface area contributed by atoms with Crippen molar-refractivity contribution in [1.29, 1.82) is 0 Å². The molecular formula is C21H25N3O3. The van der Waals surface area contributed by atoms with Gasteiger partial charge in [-0.2, -0.15) is 0 Å². The third-order valence-electron chi connectivity index (χ3n) is 6.04. The summed E-state index contributed by atoms with van der Waals surface area (Å²) in [6.45, 7) is 1.79. The molecule has 0 unspecified atom stereocenters. The van der Waals surface area contributed by atoms with E-state index >= 15 is 0 Å². The van der Waals surface area contributed by atoms with Crippen LogP contribution in [0, 0.1) is 17.8 Å². The summed E-state index contributed by atoms with van der Waals surface area (Å²) in [6, 6.07) is 9.55. The lowest BCUT2D eigenvalue weighted by Crippen LogP contribution is -2.42. The van der Waals surface area contributed by atoms with E-state index in [2.05, 4.69) is 17.2 Å². The summed E-state index contributed by atoms with van der Waals surface area (Å²) in [5, 5.41) is 3.02. The third kappa shape index (κ3) is 3.75. The monoisotopic (exact) mass is 367 g/mol. The number of nitrogens with one attached hydrogen (secondary N) is 1.